The van der Waals surface area contributed by atoms with Crippen LogP contribution in [0.4, 0.5) is 11.4 Å². The third-order valence-electron chi connectivity index (χ3n) is 6.12. The summed E-state index contributed by atoms with van der Waals surface area (Å²) in [5.74, 6) is -0.180. The van der Waals surface area contributed by atoms with Gasteiger partial charge < -0.3 is 14.7 Å². The molecule has 2 aliphatic heterocycles. The molecule has 2 fully saturated rings. The van der Waals surface area contributed by atoms with Gasteiger partial charge in [-0.05, 0) is 55.3 Å². The highest BCUT2D eigenvalue weighted by Crippen LogP contribution is 2.28. The average molecular weight is 412 g/mol. The second-order valence-corrected chi connectivity index (χ2v) is 8.35. The molecule has 2 heterocycles. The van der Waals surface area contributed by atoms with Gasteiger partial charge in [-0.25, -0.2) is 0 Å². The average Bonchev–Trinajstić information content (AvgIpc) is 3.12. The second kappa shape index (κ2) is 8.07. The number of aryl methyl sites for hydroxylation is 1. The van der Waals surface area contributed by atoms with Crippen LogP contribution < -0.4 is 9.80 Å². The molecule has 0 spiro atoms. The molecule has 1 atom stereocenters. The van der Waals surface area contributed by atoms with E-state index in [1.807, 2.05) is 17.0 Å². The smallest absolute Gasteiger partial charge is 0.228 e. The van der Waals surface area contributed by atoms with Crippen LogP contribution in [0.15, 0.2) is 42.5 Å². The number of rotatable bonds is 3. The first-order valence-electron chi connectivity index (χ1n) is 10.1. The minimum atomic E-state index is -0.273. The zero-order valence-electron chi connectivity index (χ0n) is 16.9. The van der Waals surface area contributed by atoms with Crippen LogP contribution in [0, 0.1) is 19.8 Å². The molecule has 2 aliphatic rings. The molecule has 0 saturated carbocycles. The molecule has 2 aromatic rings. The molecule has 29 heavy (non-hydrogen) atoms. The van der Waals surface area contributed by atoms with Gasteiger partial charge in [-0.3, -0.25) is 9.59 Å². The molecule has 0 radical (unpaired) electrons. The first kappa shape index (κ1) is 19.8. The van der Waals surface area contributed by atoms with E-state index in [-0.39, 0.29) is 24.2 Å². The number of hydrogen-bond acceptors (Lipinski definition) is 3. The Morgan fingerprint density at radius 1 is 1.00 bits per heavy atom. The molecule has 0 bridgehead atoms. The molecule has 152 valence electrons. The van der Waals surface area contributed by atoms with Crippen molar-refractivity contribution in [2.24, 2.45) is 5.92 Å². The largest absolute Gasteiger partial charge is 0.368 e. The highest BCUT2D eigenvalue weighted by atomic mass is 35.5. The summed E-state index contributed by atoms with van der Waals surface area (Å²) in [5, 5.41) is 0.634. The maximum Gasteiger partial charge on any atom is 0.228 e. The summed E-state index contributed by atoms with van der Waals surface area (Å²) >= 11 is 5.94. The van der Waals surface area contributed by atoms with Crippen molar-refractivity contribution in [1.82, 2.24) is 4.90 Å². The van der Waals surface area contributed by atoms with Crippen LogP contribution in [0.5, 0.6) is 0 Å². The number of piperazine rings is 1. The first-order chi connectivity index (χ1) is 13.9. The van der Waals surface area contributed by atoms with Gasteiger partial charge in [0.05, 0.1) is 5.92 Å². The highest BCUT2D eigenvalue weighted by Gasteiger charge is 2.38. The van der Waals surface area contributed by atoms with Gasteiger partial charge in [0.1, 0.15) is 0 Å². The molecular weight excluding hydrogens is 386 g/mol. The molecule has 4 rings (SSSR count). The minimum Gasteiger partial charge on any atom is -0.368 e. The molecule has 0 unspecified atom stereocenters. The Balaban J connectivity index is 1.38. The van der Waals surface area contributed by atoms with Gasteiger partial charge in [0.25, 0.3) is 0 Å². The maximum absolute atomic E-state index is 13.0. The van der Waals surface area contributed by atoms with Crippen LogP contribution in [0.1, 0.15) is 17.5 Å². The number of carbonyl (C=O) groups excluding carboxylic acids is 2. The van der Waals surface area contributed by atoms with Crippen LogP contribution >= 0.6 is 11.6 Å². The summed E-state index contributed by atoms with van der Waals surface area (Å²) < 4.78 is 0. The van der Waals surface area contributed by atoms with Crippen LogP contribution in [-0.4, -0.2) is 49.4 Å². The Morgan fingerprint density at radius 3 is 2.38 bits per heavy atom. The lowest BCUT2D eigenvalue weighted by molar-refractivity contribution is -0.136. The van der Waals surface area contributed by atoms with Gasteiger partial charge in [0, 0.05) is 55.5 Å². The number of benzene rings is 2. The lowest BCUT2D eigenvalue weighted by atomic mass is 10.1. The fraction of sp³-hybridized carbons (Fsp3) is 0.391. The van der Waals surface area contributed by atoms with E-state index in [9.17, 15) is 9.59 Å². The zero-order valence-corrected chi connectivity index (χ0v) is 17.7. The lowest BCUT2D eigenvalue weighted by Crippen LogP contribution is -2.51. The van der Waals surface area contributed by atoms with E-state index >= 15 is 0 Å². The number of anilines is 2. The van der Waals surface area contributed by atoms with Gasteiger partial charge in [-0.15, -0.1) is 0 Å². The molecule has 0 aliphatic carbocycles. The highest BCUT2D eigenvalue weighted by molar-refractivity contribution is 6.30. The third kappa shape index (κ3) is 3.97. The summed E-state index contributed by atoms with van der Waals surface area (Å²) in [7, 11) is 0. The number of amides is 2. The normalized spacial score (nSPS) is 19.8. The standard InChI is InChI=1S/C23H26ClN3O2/c1-16-4-3-5-21(17(16)2)25-10-12-26(13-11-25)23(29)18-14-22(28)27(15-18)20-8-6-19(24)7-9-20/h3-9,18H,10-15H2,1-2H3/t18-/m0/s1. The minimum absolute atomic E-state index is 0.000283. The Hall–Kier alpha value is -2.53. The van der Waals surface area contributed by atoms with E-state index in [1.165, 1.54) is 16.8 Å². The summed E-state index contributed by atoms with van der Waals surface area (Å²) in [5.41, 5.74) is 4.64. The summed E-state index contributed by atoms with van der Waals surface area (Å²) in [6.45, 7) is 7.74. The van der Waals surface area contributed by atoms with Crippen molar-refractivity contribution in [2.75, 3.05) is 42.5 Å². The van der Waals surface area contributed by atoms with E-state index in [2.05, 4.69) is 36.9 Å². The topological polar surface area (TPSA) is 43.9 Å². The molecule has 2 saturated heterocycles. The van der Waals surface area contributed by atoms with Crippen molar-refractivity contribution in [3.63, 3.8) is 0 Å². The number of carbonyl (C=O) groups is 2. The van der Waals surface area contributed by atoms with E-state index < -0.39 is 0 Å². The zero-order chi connectivity index (χ0) is 20.5. The van der Waals surface area contributed by atoms with Crippen molar-refractivity contribution in [3.05, 3.63) is 58.6 Å². The molecule has 6 heteroatoms. The summed E-state index contributed by atoms with van der Waals surface area (Å²) in [6, 6.07) is 13.6. The second-order valence-electron chi connectivity index (χ2n) is 7.91. The van der Waals surface area contributed by atoms with Crippen LogP contribution in [0.3, 0.4) is 0 Å². The van der Waals surface area contributed by atoms with E-state index in [4.69, 9.17) is 11.6 Å². The fourth-order valence-corrected chi connectivity index (χ4v) is 4.37. The first-order valence-corrected chi connectivity index (χ1v) is 10.5. The van der Waals surface area contributed by atoms with Gasteiger partial charge in [-0.1, -0.05) is 23.7 Å². The third-order valence-corrected chi connectivity index (χ3v) is 6.37. The molecule has 0 aromatic heterocycles. The maximum atomic E-state index is 13.0. The van der Waals surface area contributed by atoms with Crippen LogP contribution in [-0.2, 0) is 9.59 Å². The predicted molar refractivity (Wildman–Crippen MR) is 117 cm³/mol. The molecule has 0 N–H and O–H groups in total. The van der Waals surface area contributed by atoms with Crippen LogP contribution in [0.25, 0.3) is 0 Å². The van der Waals surface area contributed by atoms with Crippen molar-refractivity contribution >= 4 is 34.8 Å². The monoisotopic (exact) mass is 411 g/mol. The number of hydrogen-bond donors (Lipinski definition) is 0. The predicted octanol–water partition coefficient (Wildman–Crippen LogP) is 3.66. The van der Waals surface area contributed by atoms with Crippen LogP contribution in [0.2, 0.25) is 5.02 Å². The summed E-state index contributed by atoms with van der Waals surface area (Å²) in [6.07, 6.45) is 0.276. The Morgan fingerprint density at radius 2 is 1.69 bits per heavy atom. The van der Waals surface area contributed by atoms with Crippen molar-refractivity contribution < 1.29 is 9.59 Å². The Labute approximate surface area is 176 Å². The molecule has 5 nitrogen and oxygen atoms in total. The van der Waals surface area contributed by atoms with Gasteiger partial charge in [0.15, 0.2) is 0 Å². The van der Waals surface area contributed by atoms with Gasteiger partial charge in [-0.2, -0.15) is 0 Å². The van der Waals surface area contributed by atoms with Gasteiger partial charge >= 0.3 is 0 Å². The SMILES string of the molecule is Cc1cccc(N2CCN(C(=O)[C@H]3CC(=O)N(c4ccc(Cl)cc4)C3)CC2)c1C. The molecule has 2 aromatic carbocycles. The number of halogens is 1. The van der Waals surface area contributed by atoms with Crippen molar-refractivity contribution in [1.29, 1.82) is 0 Å². The van der Waals surface area contributed by atoms with E-state index in [0.717, 1.165) is 18.8 Å². The summed E-state index contributed by atoms with van der Waals surface area (Å²) in [4.78, 5) is 31.5. The van der Waals surface area contributed by atoms with E-state index in [0.29, 0.717) is 24.7 Å². The quantitative estimate of drug-likeness (QED) is 0.774. The molecule has 2 amide bonds. The lowest BCUT2D eigenvalue weighted by Gasteiger charge is -2.38. The van der Waals surface area contributed by atoms with Gasteiger partial charge in [0.2, 0.25) is 11.8 Å². The fourth-order valence-electron chi connectivity index (χ4n) is 4.25. The number of nitrogens with zero attached hydrogens (tertiary/aromatic N) is 3. The molecular formula is C23H26ClN3O2. The van der Waals surface area contributed by atoms with Crippen molar-refractivity contribution in [3.8, 4) is 0 Å². The van der Waals surface area contributed by atoms with Crippen molar-refractivity contribution in [2.45, 2.75) is 20.3 Å². The van der Waals surface area contributed by atoms with E-state index in [1.54, 1.807) is 17.0 Å². The Bertz CT molecular complexity index is 920. The Kier molecular flexibility index (Phi) is 5.50.